The standard InChI is InChI=1S/C21H31NO7/c1-13(2)18-21(4,5)29-20(26)22(18)19(25)14(3)17-16(24)9-8-15(28-17)7-6-11-27-12-10-23/h7-9,13-14,17-18,23H,6,10-12H2,1-5H3/t14-,17+,18-/m0/s1. The van der Waals surface area contributed by atoms with E-state index in [2.05, 4.69) is 0 Å². The molecule has 8 heteroatoms. The molecule has 0 spiro atoms. The molecule has 0 radical (unpaired) electrons. The van der Waals surface area contributed by atoms with Gasteiger partial charge in [-0.1, -0.05) is 13.8 Å². The van der Waals surface area contributed by atoms with Crippen molar-refractivity contribution in [3.05, 3.63) is 24.0 Å². The van der Waals surface area contributed by atoms with E-state index >= 15 is 0 Å². The highest BCUT2D eigenvalue weighted by molar-refractivity contribution is 6.02. The normalized spacial score (nSPS) is 26.0. The molecule has 0 aromatic carbocycles. The predicted molar refractivity (Wildman–Crippen MR) is 105 cm³/mol. The SMILES string of the molecule is CC(C)[C@@H]1N(C(=O)[C@@H](C)[C@H]2OC(=CCCOCCO)C=CC2=O)C(=O)OC1(C)C. The second kappa shape index (κ2) is 9.54. The zero-order chi connectivity index (χ0) is 21.8. The number of rotatable bonds is 8. The first-order chi connectivity index (χ1) is 13.6. The number of amides is 2. The number of carbonyl (C=O) groups is 3. The molecule has 0 aromatic heterocycles. The van der Waals surface area contributed by atoms with Gasteiger partial charge in [-0.15, -0.1) is 0 Å². The highest BCUT2D eigenvalue weighted by atomic mass is 16.6. The Balaban J connectivity index is 2.11. The third-order valence-corrected chi connectivity index (χ3v) is 5.05. The summed E-state index contributed by atoms with van der Waals surface area (Å²) in [5.41, 5.74) is -0.808. The highest BCUT2D eigenvalue weighted by Gasteiger charge is 2.53. The molecule has 162 valence electrons. The molecule has 2 aliphatic heterocycles. The maximum atomic E-state index is 13.1. The van der Waals surface area contributed by atoms with Crippen molar-refractivity contribution >= 4 is 17.8 Å². The first-order valence-corrected chi connectivity index (χ1v) is 9.93. The van der Waals surface area contributed by atoms with E-state index < -0.39 is 35.7 Å². The van der Waals surface area contributed by atoms with Crippen LogP contribution in [-0.4, -0.2) is 65.4 Å². The van der Waals surface area contributed by atoms with E-state index in [1.54, 1.807) is 32.9 Å². The summed E-state index contributed by atoms with van der Waals surface area (Å²) in [6.07, 6.45) is 3.51. The van der Waals surface area contributed by atoms with Crippen LogP contribution in [0.25, 0.3) is 0 Å². The average molecular weight is 409 g/mol. The minimum atomic E-state index is -1.01. The molecular weight excluding hydrogens is 378 g/mol. The van der Waals surface area contributed by atoms with Crippen molar-refractivity contribution in [1.29, 1.82) is 0 Å². The molecule has 1 N–H and O–H groups in total. The van der Waals surface area contributed by atoms with Crippen LogP contribution in [0.5, 0.6) is 0 Å². The predicted octanol–water partition coefficient (Wildman–Crippen LogP) is 2.21. The number of ketones is 1. The van der Waals surface area contributed by atoms with E-state index in [4.69, 9.17) is 19.3 Å². The Bertz CT molecular complexity index is 695. The summed E-state index contributed by atoms with van der Waals surface area (Å²) in [6.45, 7) is 9.59. The number of imide groups is 1. The van der Waals surface area contributed by atoms with Crippen LogP contribution < -0.4 is 0 Å². The van der Waals surface area contributed by atoms with Gasteiger partial charge in [-0.2, -0.15) is 0 Å². The van der Waals surface area contributed by atoms with Crippen LogP contribution in [0.1, 0.15) is 41.0 Å². The van der Waals surface area contributed by atoms with Crippen molar-refractivity contribution in [2.75, 3.05) is 19.8 Å². The Morgan fingerprint density at radius 3 is 2.59 bits per heavy atom. The fraction of sp³-hybridized carbons (Fsp3) is 0.667. The van der Waals surface area contributed by atoms with Crippen LogP contribution in [0, 0.1) is 11.8 Å². The molecular formula is C21H31NO7. The van der Waals surface area contributed by atoms with E-state index in [9.17, 15) is 14.4 Å². The van der Waals surface area contributed by atoms with Gasteiger partial charge in [0.25, 0.3) is 0 Å². The van der Waals surface area contributed by atoms with Gasteiger partial charge in [-0.3, -0.25) is 9.59 Å². The lowest BCUT2D eigenvalue weighted by Gasteiger charge is -2.33. The van der Waals surface area contributed by atoms with Crippen molar-refractivity contribution < 1.29 is 33.7 Å². The van der Waals surface area contributed by atoms with Crippen LogP contribution >= 0.6 is 0 Å². The average Bonchev–Trinajstić information content (AvgIpc) is 2.90. The lowest BCUT2D eigenvalue weighted by atomic mass is 9.87. The largest absolute Gasteiger partial charge is 0.482 e. The second-order valence-electron chi connectivity index (χ2n) is 8.16. The minimum absolute atomic E-state index is 0.00940. The van der Waals surface area contributed by atoms with Crippen molar-refractivity contribution in [2.45, 2.75) is 58.8 Å². The first kappa shape index (κ1) is 23.1. The fourth-order valence-electron chi connectivity index (χ4n) is 3.85. The van der Waals surface area contributed by atoms with Crippen LogP contribution in [-0.2, 0) is 23.8 Å². The van der Waals surface area contributed by atoms with Gasteiger partial charge >= 0.3 is 6.09 Å². The number of ether oxygens (including phenoxy) is 3. The summed E-state index contributed by atoms with van der Waals surface area (Å²) in [5, 5.41) is 8.70. The monoisotopic (exact) mass is 409 g/mol. The molecule has 8 nitrogen and oxygen atoms in total. The molecule has 2 aliphatic rings. The summed E-state index contributed by atoms with van der Waals surface area (Å²) in [5.74, 6) is -1.22. The number of aliphatic hydroxyl groups excluding tert-OH is 1. The lowest BCUT2D eigenvalue weighted by molar-refractivity contribution is -0.143. The molecule has 0 saturated carbocycles. The van der Waals surface area contributed by atoms with Crippen molar-refractivity contribution in [2.24, 2.45) is 11.8 Å². The minimum Gasteiger partial charge on any atom is -0.482 e. The van der Waals surface area contributed by atoms with Crippen molar-refractivity contribution in [1.82, 2.24) is 4.90 Å². The quantitative estimate of drug-likeness (QED) is 0.613. The Morgan fingerprint density at radius 1 is 1.28 bits per heavy atom. The Morgan fingerprint density at radius 2 is 1.97 bits per heavy atom. The van der Waals surface area contributed by atoms with E-state index in [-0.39, 0.29) is 24.9 Å². The van der Waals surface area contributed by atoms with Gasteiger partial charge in [0, 0.05) is 0 Å². The number of hydrogen-bond donors (Lipinski definition) is 1. The molecule has 0 aliphatic carbocycles. The van der Waals surface area contributed by atoms with Gasteiger partial charge in [0.2, 0.25) is 5.91 Å². The van der Waals surface area contributed by atoms with E-state index in [1.807, 2.05) is 13.8 Å². The number of nitrogens with zero attached hydrogens (tertiary/aromatic N) is 1. The maximum absolute atomic E-state index is 13.1. The Hall–Kier alpha value is -2.19. The van der Waals surface area contributed by atoms with Crippen molar-refractivity contribution in [3.63, 3.8) is 0 Å². The summed E-state index contributed by atoms with van der Waals surface area (Å²) in [6, 6.07) is -0.433. The maximum Gasteiger partial charge on any atom is 0.417 e. The lowest BCUT2D eigenvalue weighted by Crippen LogP contribution is -2.52. The number of allylic oxidation sites excluding steroid dienone is 1. The van der Waals surface area contributed by atoms with Gasteiger partial charge in [0.15, 0.2) is 11.9 Å². The molecule has 0 bridgehead atoms. The van der Waals surface area contributed by atoms with E-state index in [1.165, 1.54) is 6.08 Å². The number of cyclic esters (lactones) is 1. The summed E-state index contributed by atoms with van der Waals surface area (Å²) in [4.78, 5) is 39.1. The molecule has 3 atom stereocenters. The third kappa shape index (κ3) is 5.25. The molecule has 1 fully saturated rings. The molecule has 0 unspecified atom stereocenters. The van der Waals surface area contributed by atoms with Gasteiger partial charge in [-0.25, -0.2) is 9.69 Å². The fourth-order valence-corrected chi connectivity index (χ4v) is 3.85. The van der Waals surface area contributed by atoms with Gasteiger partial charge in [0.05, 0.1) is 31.8 Å². The molecule has 2 rings (SSSR count). The van der Waals surface area contributed by atoms with Crippen LogP contribution in [0.4, 0.5) is 4.79 Å². The summed E-state index contributed by atoms with van der Waals surface area (Å²) in [7, 11) is 0. The molecule has 29 heavy (non-hydrogen) atoms. The molecule has 2 amide bonds. The third-order valence-electron chi connectivity index (χ3n) is 5.05. The molecule has 2 heterocycles. The number of carbonyl (C=O) groups excluding carboxylic acids is 3. The smallest absolute Gasteiger partial charge is 0.417 e. The zero-order valence-corrected chi connectivity index (χ0v) is 17.7. The van der Waals surface area contributed by atoms with Gasteiger partial charge < -0.3 is 19.3 Å². The Labute approximate surface area is 171 Å². The van der Waals surface area contributed by atoms with Crippen molar-refractivity contribution in [3.8, 4) is 0 Å². The number of aliphatic hydroxyl groups is 1. The molecule has 1 saturated heterocycles. The second-order valence-corrected chi connectivity index (χ2v) is 8.16. The summed E-state index contributed by atoms with van der Waals surface area (Å²) < 4.78 is 16.3. The van der Waals surface area contributed by atoms with Crippen LogP contribution in [0.15, 0.2) is 24.0 Å². The first-order valence-electron chi connectivity index (χ1n) is 9.93. The molecule has 0 aromatic rings. The summed E-state index contributed by atoms with van der Waals surface area (Å²) >= 11 is 0. The number of hydrogen-bond acceptors (Lipinski definition) is 7. The van der Waals surface area contributed by atoms with Gasteiger partial charge in [-0.05, 0) is 51.3 Å². The van der Waals surface area contributed by atoms with E-state index in [0.717, 1.165) is 4.90 Å². The topological polar surface area (TPSA) is 102 Å². The van der Waals surface area contributed by atoms with Crippen LogP contribution in [0.3, 0.4) is 0 Å². The Kier molecular flexibility index (Phi) is 7.60. The highest BCUT2D eigenvalue weighted by Crippen LogP contribution is 2.36. The zero-order valence-electron chi connectivity index (χ0n) is 17.7. The van der Waals surface area contributed by atoms with Crippen LogP contribution in [0.2, 0.25) is 0 Å². The van der Waals surface area contributed by atoms with Gasteiger partial charge in [0.1, 0.15) is 11.4 Å². The van der Waals surface area contributed by atoms with E-state index in [0.29, 0.717) is 18.8 Å².